The van der Waals surface area contributed by atoms with E-state index in [0.717, 1.165) is 17.5 Å². The summed E-state index contributed by atoms with van der Waals surface area (Å²) in [7, 11) is -3.58. The van der Waals surface area contributed by atoms with Gasteiger partial charge in [-0.05, 0) is 25.0 Å². The van der Waals surface area contributed by atoms with Crippen LogP contribution >= 0.6 is 0 Å². The number of piperidine rings is 1. The van der Waals surface area contributed by atoms with Gasteiger partial charge in [0.15, 0.2) is 0 Å². The lowest BCUT2D eigenvalue weighted by atomic mass is 9.89. The van der Waals surface area contributed by atoms with E-state index in [0.29, 0.717) is 0 Å². The molecule has 0 atom stereocenters. The van der Waals surface area contributed by atoms with Crippen LogP contribution in [-0.4, -0.2) is 43.1 Å². The molecule has 0 unspecified atom stereocenters. The molecular formula is C16H16F3N3O3S. The highest BCUT2D eigenvalue weighted by molar-refractivity contribution is 7.92. The normalized spacial score (nSPS) is 20.7. The number of amides is 1. The number of halogens is 3. The van der Waals surface area contributed by atoms with Crippen LogP contribution in [0.3, 0.4) is 0 Å². The molecule has 1 aromatic carbocycles. The number of hydrogen-bond acceptors (Lipinski definition) is 4. The van der Waals surface area contributed by atoms with Crippen molar-refractivity contribution in [3.63, 3.8) is 0 Å². The maximum Gasteiger partial charge on any atom is 0.416 e. The molecular weight excluding hydrogens is 371 g/mol. The minimum absolute atomic E-state index is 0.0705. The minimum Gasteiger partial charge on any atom is -0.308 e. The molecule has 2 heterocycles. The fourth-order valence-electron chi connectivity index (χ4n) is 3.05. The summed E-state index contributed by atoms with van der Waals surface area (Å²) >= 11 is 0. The molecule has 0 saturated carbocycles. The van der Waals surface area contributed by atoms with Crippen LogP contribution in [0.2, 0.25) is 0 Å². The topological polar surface area (TPSA) is 78.8 Å². The molecule has 1 N–H and O–H groups in total. The Labute approximate surface area is 148 Å². The number of nitrogens with one attached hydrogen (secondary N) is 1. The molecule has 3 rings (SSSR count). The number of benzene rings is 1. The van der Waals surface area contributed by atoms with Gasteiger partial charge in [-0.25, -0.2) is 8.42 Å². The number of aliphatic imine (C=N–C) groups is 1. The minimum atomic E-state index is -4.50. The van der Waals surface area contributed by atoms with Crippen molar-refractivity contribution in [2.24, 2.45) is 4.99 Å². The van der Waals surface area contributed by atoms with Crippen molar-refractivity contribution in [1.29, 1.82) is 0 Å². The van der Waals surface area contributed by atoms with E-state index in [2.05, 4.69) is 16.9 Å². The molecule has 0 bridgehead atoms. The fraction of sp³-hybridized carbons (Fsp3) is 0.375. The van der Waals surface area contributed by atoms with E-state index in [1.165, 1.54) is 16.4 Å². The largest absolute Gasteiger partial charge is 0.416 e. The second-order valence-electron chi connectivity index (χ2n) is 6.14. The van der Waals surface area contributed by atoms with E-state index in [-0.39, 0.29) is 37.3 Å². The Morgan fingerprint density at radius 1 is 1.27 bits per heavy atom. The van der Waals surface area contributed by atoms with E-state index >= 15 is 0 Å². The second-order valence-corrected chi connectivity index (χ2v) is 8.02. The summed E-state index contributed by atoms with van der Waals surface area (Å²) < 4.78 is 63.5. The molecule has 26 heavy (non-hydrogen) atoms. The zero-order valence-electron chi connectivity index (χ0n) is 13.6. The first-order chi connectivity index (χ1) is 12.1. The molecule has 2 aliphatic rings. The highest BCUT2D eigenvalue weighted by Crippen LogP contribution is 2.33. The number of carbonyl (C=O) groups is 1. The molecule has 1 fully saturated rings. The van der Waals surface area contributed by atoms with Gasteiger partial charge in [-0.15, -0.1) is 0 Å². The van der Waals surface area contributed by atoms with Gasteiger partial charge in [-0.1, -0.05) is 18.7 Å². The molecule has 140 valence electrons. The van der Waals surface area contributed by atoms with Crippen LogP contribution in [0.5, 0.6) is 0 Å². The highest BCUT2D eigenvalue weighted by Gasteiger charge is 2.47. The Bertz CT molecular complexity index is 885. The maximum absolute atomic E-state index is 12.9. The molecule has 0 aromatic heterocycles. The van der Waals surface area contributed by atoms with E-state index in [4.69, 9.17) is 0 Å². The zero-order chi connectivity index (χ0) is 19.2. The first-order valence-corrected chi connectivity index (χ1v) is 9.29. The quantitative estimate of drug-likeness (QED) is 0.860. The van der Waals surface area contributed by atoms with Gasteiger partial charge in [-0.2, -0.15) is 17.5 Å². The van der Waals surface area contributed by atoms with Gasteiger partial charge < -0.3 is 5.32 Å². The van der Waals surface area contributed by atoms with Gasteiger partial charge in [0.1, 0.15) is 11.4 Å². The SMILES string of the molecule is C=CS(=O)(=O)N1CCC2(CC1)N=C(c1cccc(C(F)(F)F)c1)NC2=O. The summed E-state index contributed by atoms with van der Waals surface area (Å²) in [5, 5.41) is 3.38. The van der Waals surface area contributed by atoms with Crippen LogP contribution < -0.4 is 5.32 Å². The number of alkyl halides is 3. The van der Waals surface area contributed by atoms with E-state index in [1.807, 2.05) is 0 Å². The van der Waals surface area contributed by atoms with E-state index < -0.39 is 33.2 Å². The number of sulfonamides is 1. The van der Waals surface area contributed by atoms with Gasteiger partial charge in [0.25, 0.3) is 5.91 Å². The van der Waals surface area contributed by atoms with Crippen LogP contribution in [0.1, 0.15) is 24.0 Å². The van der Waals surface area contributed by atoms with Gasteiger partial charge in [0, 0.05) is 24.1 Å². The third-order valence-corrected chi connectivity index (χ3v) is 6.07. The molecule has 0 aliphatic carbocycles. The van der Waals surface area contributed by atoms with Crippen LogP contribution in [0.4, 0.5) is 13.2 Å². The summed E-state index contributed by atoms with van der Waals surface area (Å²) in [4.78, 5) is 16.7. The van der Waals surface area contributed by atoms with Crippen molar-refractivity contribution in [2.45, 2.75) is 24.6 Å². The third-order valence-electron chi connectivity index (χ3n) is 4.56. The lowest BCUT2D eigenvalue weighted by Crippen LogP contribution is -2.50. The van der Waals surface area contributed by atoms with Crippen molar-refractivity contribution in [1.82, 2.24) is 9.62 Å². The van der Waals surface area contributed by atoms with Gasteiger partial charge in [-0.3, -0.25) is 9.79 Å². The standard InChI is InChI=1S/C16H16F3N3O3S/c1-2-26(24,25)22-8-6-15(7-9-22)14(23)20-13(21-15)11-4-3-5-12(10-11)16(17,18)19/h2-5,10H,1,6-9H2,(H,20,21,23). The first kappa shape index (κ1) is 18.6. The summed E-state index contributed by atoms with van der Waals surface area (Å²) in [6.45, 7) is 3.43. The molecule has 1 aromatic rings. The van der Waals surface area contributed by atoms with E-state index in [1.54, 1.807) is 0 Å². The number of amidine groups is 1. The Hall–Kier alpha value is -2.20. The third kappa shape index (κ3) is 3.26. The average molecular weight is 387 g/mol. The summed E-state index contributed by atoms with van der Waals surface area (Å²) in [6, 6.07) is 4.55. The van der Waals surface area contributed by atoms with Gasteiger partial charge >= 0.3 is 6.18 Å². The summed E-state index contributed by atoms with van der Waals surface area (Å²) in [5.74, 6) is -0.360. The van der Waals surface area contributed by atoms with Crippen molar-refractivity contribution in [2.75, 3.05) is 13.1 Å². The Balaban J connectivity index is 1.86. The first-order valence-electron chi connectivity index (χ1n) is 7.79. The van der Waals surface area contributed by atoms with Crippen LogP contribution in [0.25, 0.3) is 0 Å². The lowest BCUT2D eigenvalue weighted by Gasteiger charge is -2.33. The Kier molecular flexibility index (Phi) is 4.43. The summed E-state index contributed by atoms with van der Waals surface area (Å²) in [6.07, 6.45) is -4.20. The molecule has 1 spiro atoms. The maximum atomic E-state index is 12.9. The smallest absolute Gasteiger partial charge is 0.308 e. The molecule has 0 radical (unpaired) electrons. The van der Waals surface area contributed by atoms with Crippen LogP contribution in [-0.2, 0) is 21.0 Å². The van der Waals surface area contributed by atoms with Crippen LogP contribution in [0, 0.1) is 0 Å². The molecule has 1 saturated heterocycles. The number of rotatable bonds is 3. The Morgan fingerprint density at radius 3 is 2.50 bits per heavy atom. The Morgan fingerprint density at radius 2 is 1.92 bits per heavy atom. The van der Waals surface area contributed by atoms with Crippen molar-refractivity contribution < 1.29 is 26.4 Å². The predicted octanol–water partition coefficient (Wildman–Crippen LogP) is 1.89. The van der Waals surface area contributed by atoms with Crippen molar-refractivity contribution in [3.05, 3.63) is 47.4 Å². The van der Waals surface area contributed by atoms with Crippen LogP contribution in [0.15, 0.2) is 41.2 Å². The van der Waals surface area contributed by atoms with Crippen molar-refractivity contribution >= 4 is 21.8 Å². The number of hydrogen-bond donors (Lipinski definition) is 1. The monoisotopic (exact) mass is 387 g/mol. The van der Waals surface area contributed by atoms with Gasteiger partial charge in [0.2, 0.25) is 10.0 Å². The fourth-order valence-corrected chi connectivity index (χ4v) is 3.95. The number of nitrogens with zero attached hydrogens (tertiary/aromatic N) is 2. The average Bonchev–Trinajstić information content (AvgIpc) is 2.91. The van der Waals surface area contributed by atoms with Gasteiger partial charge in [0.05, 0.1) is 5.56 Å². The van der Waals surface area contributed by atoms with E-state index in [9.17, 15) is 26.4 Å². The lowest BCUT2D eigenvalue weighted by molar-refractivity contribution is -0.137. The zero-order valence-corrected chi connectivity index (χ0v) is 14.4. The molecule has 10 heteroatoms. The second kappa shape index (κ2) is 6.20. The predicted molar refractivity (Wildman–Crippen MR) is 88.8 cm³/mol. The number of carbonyl (C=O) groups excluding carboxylic acids is 1. The highest BCUT2D eigenvalue weighted by atomic mass is 32.2. The molecule has 6 nitrogen and oxygen atoms in total. The summed E-state index contributed by atoms with van der Waals surface area (Å²) in [5.41, 5.74) is -1.83. The molecule has 2 aliphatic heterocycles. The van der Waals surface area contributed by atoms with Crippen molar-refractivity contribution in [3.8, 4) is 0 Å². The molecule has 1 amide bonds.